The van der Waals surface area contributed by atoms with E-state index in [-0.39, 0.29) is 12.0 Å². The largest absolute Gasteiger partial charge is 0.495 e. The van der Waals surface area contributed by atoms with E-state index in [0.717, 1.165) is 33.7 Å². The van der Waals surface area contributed by atoms with Crippen LogP contribution in [-0.2, 0) is 4.79 Å². The van der Waals surface area contributed by atoms with Crippen LogP contribution in [0.3, 0.4) is 0 Å². The molecule has 0 radical (unpaired) electrons. The van der Waals surface area contributed by atoms with Gasteiger partial charge in [-0.2, -0.15) is 0 Å². The summed E-state index contributed by atoms with van der Waals surface area (Å²) in [6.45, 7) is 5.88. The zero-order valence-corrected chi connectivity index (χ0v) is 23.6. The number of nitrogens with zero attached hydrogens (tertiary/aromatic N) is 3. The zero-order valence-electron chi connectivity index (χ0n) is 23.6. The highest BCUT2D eigenvalue weighted by atomic mass is 16.6. The van der Waals surface area contributed by atoms with Gasteiger partial charge in [0.1, 0.15) is 37.2 Å². The van der Waals surface area contributed by atoms with E-state index in [0.29, 0.717) is 67.7 Å². The van der Waals surface area contributed by atoms with Crippen molar-refractivity contribution in [1.29, 1.82) is 0 Å². The highest BCUT2D eigenvalue weighted by molar-refractivity contribution is 5.94. The summed E-state index contributed by atoms with van der Waals surface area (Å²) in [5.74, 6) is 3.84. The molecule has 6 rings (SSSR count). The van der Waals surface area contributed by atoms with Crippen LogP contribution in [0.2, 0.25) is 0 Å². The van der Waals surface area contributed by atoms with Gasteiger partial charge in [0.05, 0.1) is 25.4 Å². The predicted octanol–water partition coefficient (Wildman–Crippen LogP) is 5.38. The lowest BCUT2D eigenvalue weighted by Crippen LogP contribution is -2.41. The number of amides is 1. The number of hydrogen-bond acceptors (Lipinski definition) is 9. The molecule has 10 heteroatoms. The molecule has 216 valence electrons. The summed E-state index contributed by atoms with van der Waals surface area (Å²) < 4.78 is 29.2. The molecule has 10 nitrogen and oxygen atoms in total. The topological polar surface area (TPSA) is 104 Å². The van der Waals surface area contributed by atoms with Gasteiger partial charge in [-0.1, -0.05) is 18.7 Å². The van der Waals surface area contributed by atoms with E-state index in [1.807, 2.05) is 48.5 Å². The number of benzene rings is 3. The number of ether oxygens (including phenoxy) is 5. The lowest BCUT2D eigenvalue weighted by Gasteiger charge is -2.31. The maximum Gasteiger partial charge on any atom is 0.245 e. The summed E-state index contributed by atoms with van der Waals surface area (Å²) in [5.41, 5.74) is 3.40. The molecule has 1 saturated heterocycles. The minimum atomic E-state index is -0.0611. The van der Waals surface area contributed by atoms with E-state index in [9.17, 15) is 4.79 Å². The van der Waals surface area contributed by atoms with Gasteiger partial charge < -0.3 is 33.9 Å². The molecule has 0 atom stereocenters. The van der Waals surface area contributed by atoms with Gasteiger partial charge in [0, 0.05) is 37.4 Å². The van der Waals surface area contributed by atoms with Crippen molar-refractivity contribution < 1.29 is 28.5 Å². The number of rotatable bonds is 8. The lowest BCUT2D eigenvalue weighted by atomic mass is 10.0. The Morgan fingerprint density at radius 3 is 2.43 bits per heavy atom. The summed E-state index contributed by atoms with van der Waals surface area (Å²) in [7, 11) is 3.24. The van der Waals surface area contributed by atoms with Crippen LogP contribution < -0.4 is 29.0 Å². The van der Waals surface area contributed by atoms with Crippen molar-refractivity contribution in [3.8, 4) is 39.9 Å². The van der Waals surface area contributed by atoms with Gasteiger partial charge in [0.2, 0.25) is 5.91 Å². The maximum absolute atomic E-state index is 12.0. The molecular formula is C32H32N4O6. The number of aromatic nitrogens is 2. The third-order valence-electron chi connectivity index (χ3n) is 7.47. The Kier molecular flexibility index (Phi) is 7.68. The average molecular weight is 569 g/mol. The van der Waals surface area contributed by atoms with Gasteiger partial charge in [-0.3, -0.25) is 4.79 Å². The first kappa shape index (κ1) is 27.2. The number of hydrogen-bond donors (Lipinski definition) is 1. The molecule has 2 aliphatic heterocycles. The molecule has 1 amide bonds. The Morgan fingerprint density at radius 2 is 1.67 bits per heavy atom. The number of carbonyl (C=O) groups excluding carboxylic acids is 1. The first-order valence-electron chi connectivity index (χ1n) is 13.8. The van der Waals surface area contributed by atoms with E-state index in [2.05, 4.69) is 21.9 Å². The van der Waals surface area contributed by atoms with Gasteiger partial charge in [0.25, 0.3) is 0 Å². The van der Waals surface area contributed by atoms with Crippen molar-refractivity contribution in [3.63, 3.8) is 0 Å². The molecule has 0 unspecified atom stereocenters. The first-order valence-corrected chi connectivity index (χ1v) is 13.8. The zero-order chi connectivity index (χ0) is 29.1. The molecule has 1 aromatic heterocycles. The van der Waals surface area contributed by atoms with Crippen molar-refractivity contribution in [2.45, 2.75) is 18.9 Å². The summed E-state index contributed by atoms with van der Waals surface area (Å²) >= 11 is 0. The van der Waals surface area contributed by atoms with Crippen LogP contribution in [0.5, 0.6) is 28.7 Å². The van der Waals surface area contributed by atoms with Crippen LogP contribution in [0.4, 0.5) is 11.5 Å². The van der Waals surface area contributed by atoms with E-state index in [1.165, 1.54) is 12.4 Å². The average Bonchev–Trinajstić information content (AvgIpc) is 3.04. The number of methoxy groups -OCH3 is 2. The first-order chi connectivity index (χ1) is 20.6. The van der Waals surface area contributed by atoms with Gasteiger partial charge >= 0.3 is 0 Å². The summed E-state index contributed by atoms with van der Waals surface area (Å²) in [4.78, 5) is 22.8. The van der Waals surface area contributed by atoms with Crippen molar-refractivity contribution in [2.75, 3.05) is 45.8 Å². The van der Waals surface area contributed by atoms with Crippen LogP contribution >= 0.6 is 0 Å². The van der Waals surface area contributed by atoms with Crippen LogP contribution in [-0.4, -0.2) is 67.4 Å². The van der Waals surface area contributed by atoms with E-state index in [4.69, 9.17) is 23.7 Å². The van der Waals surface area contributed by atoms with Crippen molar-refractivity contribution >= 4 is 28.3 Å². The summed E-state index contributed by atoms with van der Waals surface area (Å²) in [5, 5.41) is 4.21. The predicted molar refractivity (Wildman–Crippen MR) is 159 cm³/mol. The highest BCUT2D eigenvalue weighted by Crippen LogP contribution is 2.40. The van der Waals surface area contributed by atoms with Gasteiger partial charge in [-0.05, 0) is 47.5 Å². The number of likely N-dealkylation sites (tertiary alicyclic amines) is 1. The minimum Gasteiger partial charge on any atom is -0.495 e. The van der Waals surface area contributed by atoms with E-state index < -0.39 is 0 Å². The fraction of sp³-hybridized carbons (Fsp3) is 0.281. The molecule has 0 bridgehead atoms. The van der Waals surface area contributed by atoms with E-state index in [1.54, 1.807) is 19.1 Å². The van der Waals surface area contributed by atoms with Gasteiger partial charge in [0.15, 0.2) is 23.0 Å². The number of piperidine rings is 1. The third kappa shape index (κ3) is 5.47. The van der Waals surface area contributed by atoms with E-state index >= 15 is 0 Å². The molecule has 1 N–H and O–H groups in total. The second kappa shape index (κ2) is 11.9. The summed E-state index contributed by atoms with van der Waals surface area (Å²) in [6.07, 6.45) is 4.22. The smallest absolute Gasteiger partial charge is 0.245 e. The molecule has 4 aromatic rings. The Balaban J connectivity index is 1.30. The van der Waals surface area contributed by atoms with Crippen LogP contribution in [0.1, 0.15) is 12.8 Å². The third-order valence-corrected chi connectivity index (χ3v) is 7.47. The normalized spacial score (nSPS) is 14.8. The molecule has 1 fully saturated rings. The molecule has 3 heterocycles. The Bertz CT molecular complexity index is 1630. The fourth-order valence-electron chi connectivity index (χ4n) is 5.25. The number of fused-ring (bicyclic) bond motifs is 2. The highest BCUT2D eigenvalue weighted by Gasteiger charge is 2.24. The Morgan fingerprint density at radius 1 is 0.929 bits per heavy atom. The standard InChI is InChI=1S/C32H32N4O6/c1-4-31(37)36-11-9-22(10-12-36)42-30-17-23-24(18-28(30)39-3)33-19-34-32(23)35-25-15-20(5-7-26(25)38-2)21-6-8-27-29(16-21)41-14-13-40-27/h4-8,15-19,22H,1,9-14H2,2-3H3,(H,33,34,35). The van der Waals surface area contributed by atoms with Crippen molar-refractivity contribution in [3.05, 3.63) is 67.5 Å². The minimum absolute atomic E-state index is 0.0573. The molecule has 0 saturated carbocycles. The molecule has 2 aliphatic rings. The SMILES string of the molecule is C=CC(=O)N1CCC(Oc2cc3c(Nc4cc(-c5ccc6c(c5)OCCO6)ccc4OC)ncnc3cc2OC)CC1. The van der Waals surface area contributed by atoms with Crippen LogP contribution in [0.15, 0.2) is 67.5 Å². The van der Waals surface area contributed by atoms with Crippen LogP contribution in [0, 0.1) is 0 Å². The molecule has 42 heavy (non-hydrogen) atoms. The second-order valence-electron chi connectivity index (χ2n) is 9.99. The molecule has 3 aromatic carbocycles. The van der Waals surface area contributed by atoms with Crippen molar-refractivity contribution in [1.82, 2.24) is 14.9 Å². The van der Waals surface area contributed by atoms with Crippen molar-refractivity contribution in [2.24, 2.45) is 0 Å². The monoisotopic (exact) mass is 568 g/mol. The number of nitrogens with one attached hydrogen (secondary N) is 1. The second-order valence-corrected chi connectivity index (χ2v) is 9.99. The van der Waals surface area contributed by atoms with Gasteiger partial charge in [-0.25, -0.2) is 9.97 Å². The Hall–Kier alpha value is -4.99. The number of carbonyl (C=O) groups is 1. The molecular weight excluding hydrogens is 536 g/mol. The van der Waals surface area contributed by atoms with Crippen LogP contribution in [0.25, 0.3) is 22.0 Å². The molecule has 0 spiro atoms. The summed E-state index contributed by atoms with van der Waals surface area (Å²) in [6, 6.07) is 15.6. The van der Waals surface area contributed by atoms with Gasteiger partial charge in [-0.15, -0.1) is 0 Å². The quantitative estimate of drug-likeness (QED) is 0.280. The Labute approximate surface area is 243 Å². The maximum atomic E-state index is 12.0. The fourth-order valence-corrected chi connectivity index (χ4v) is 5.25. The molecule has 0 aliphatic carbocycles. The lowest BCUT2D eigenvalue weighted by molar-refractivity contribution is -0.127. The number of anilines is 2.